The van der Waals surface area contributed by atoms with Crippen LogP contribution in [0.1, 0.15) is 55.5 Å². The third-order valence-corrected chi connectivity index (χ3v) is 8.77. The lowest BCUT2D eigenvalue weighted by atomic mass is 9.90. The largest absolute Gasteiger partial charge is 0.393 e. The van der Waals surface area contributed by atoms with E-state index in [0.717, 1.165) is 16.7 Å². The van der Waals surface area contributed by atoms with E-state index in [1.807, 2.05) is 54.6 Å². The van der Waals surface area contributed by atoms with Gasteiger partial charge in [-0.1, -0.05) is 72.8 Å². The molecule has 1 amide bonds. The van der Waals surface area contributed by atoms with E-state index in [0.29, 0.717) is 18.4 Å². The van der Waals surface area contributed by atoms with E-state index >= 15 is 0 Å². The minimum absolute atomic E-state index is 0.0781. The number of aliphatic hydroxyl groups excluding tert-OH is 2. The molecule has 0 radical (unpaired) electrons. The number of benzene rings is 3. The molecule has 7 nitrogen and oxygen atoms in total. The maximum atomic E-state index is 13.6. The molecule has 0 heterocycles. The zero-order chi connectivity index (χ0) is 28.2. The van der Waals surface area contributed by atoms with E-state index in [1.165, 1.54) is 6.07 Å². The highest BCUT2D eigenvalue weighted by molar-refractivity contribution is 7.89. The summed E-state index contributed by atoms with van der Waals surface area (Å²) in [7, 11) is -3.81. The lowest BCUT2D eigenvalue weighted by Crippen LogP contribution is -2.41. The van der Waals surface area contributed by atoms with Gasteiger partial charge in [0, 0.05) is 17.9 Å². The van der Waals surface area contributed by atoms with Gasteiger partial charge in [-0.2, -0.15) is 0 Å². The first-order valence-electron chi connectivity index (χ1n) is 13.3. The molecule has 0 fully saturated rings. The molecular formula is C31H38N2O5S. The van der Waals surface area contributed by atoms with Crippen molar-refractivity contribution in [3.05, 3.63) is 101 Å². The number of sulfonamides is 1. The van der Waals surface area contributed by atoms with Crippen molar-refractivity contribution in [2.45, 2.75) is 75.1 Å². The van der Waals surface area contributed by atoms with Gasteiger partial charge in [0.1, 0.15) is 0 Å². The first-order chi connectivity index (χ1) is 18.4. The molecule has 39 heavy (non-hydrogen) atoms. The van der Waals surface area contributed by atoms with Crippen LogP contribution in [0.15, 0.2) is 83.8 Å². The molecule has 0 unspecified atom stereocenters. The van der Waals surface area contributed by atoms with Crippen molar-refractivity contribution in [1.82, 2.24) is 10.0 Å². The minimum atomic E-state index is -3.81. The van der Waals surface area contributed by atoms with Gasteiger partial charge in [0.25, 0.3) is 0 Å². The smallest absolute Gasteiger partial charge is 0.241 e. The fourth-order valence-corrected chi connectivity index (χ4v) is 6.93. The van der Waals surface area contributed by atoms with E-state index in [-0.39, 0.29) is 23.6 Å². The van der Waals surface area contributed by atoms with Crippen LogP contribution in [0, 0.1) is 5.92 Å². The Bertz CT molecular complexity index is 1390. The van der Waals surface area contributed by atoms with E-state index in [1.54, 1.807) is 39.0 Å². The Labute approximate surface area is 231 Å². The van der Waals surface area contributed by atoms with Crippen molar-refractivity contribution in [2.75, 3.05) is 0 Å². The zero-order valence-corrected chi connectivity index (χ0v) is 23.5. The highest BCUT2D eigenvalue weighted by atomic mass is 32.2. The monoisotopic (exact) mass is 550 g/mol. The molecular weight excluding hydrogens is 512 g/mol. The van der Waals surface area contributed by atoms with Gasteiger partial charge in [0.15, 0.2) is 0 Å². The highest BCUT2D eigenvalue weighted by Crippen LogP contribution is 2.32. The van der Waals surface area contributed by atoms with Crippen molar-refractivity contribution < 1.29 is 23.4 Å². The maximum absolute atomic E-state index is 13.6. The number of fused-ring (bicyclic) bond motifs is 1. The Morgan fingerprint density at radius 1 is 0.949 bits per heavy atom. The average molecular weight is 551 g/mol. The molecule has 4 rings (SSSR count). The quantitative estimate of drug-likeness (QED) is 0.307. The summed E-state index contributed by atoms with van der Waals surface area (Å²) in [5, 5.41) is 24.8. The van der Waals surface area contributed by atoms with Crippen LogP contribution in [0.5, 0.6) is 0 Å². The molecule has 8 heteroatoms. The number of aliphatic hydroxyl groups is 2. The summed E-state index contributed by atoms with van der Waals surface area (Å²) >= 11 is 0. The molecule has 1 aliphatic rings. The minimum Gasteiger partial charge on any atom is -0.393 e. The predicted molar refractivity (Wildman–Crippen MR) is 152 cm³/mol. The molecule has 3 aromatic carbocycles. The van der Waals surface area contributed by atoms with Gasteiger partial charge in [-0.15, -0.1) is 0 Å². The van der Waals surface area contributed by atoms with Crippen LogP contribution in [0.4, 0.5) is 0 Å². The Hall–Kier alpha value is -3.04. The van der Waals surface area contributed by atoms with E-state index in [2.05, 4.69) is 10.0 Å². The second-order valence-corrected chi connectivity index (χ2v) is 13.1. The lowest BCUT2D eigenvalue weighted by molar-refractivity contribution is -0.127. The Morgan fingerprint density at radius 3 is 2.31 bits per heavy atom. The van der Waals surface area contributed by atoms with Gasteiger partial charge >= 0.3 is 0 Å². The summed E-state index contributed by atoms with van der Waals surface area (Å²) in [6.07, 6.45) is -0.598. The second kappa shape index (κ2) is 12.0. The molecule has 3 aromatic rings. The van der Waals surface area contributed by atoms with Gasteiger partial charge < -0.3 is 15.5 Å². The number of rotatable bonds is 10. The Morgan fingerprint density at radius 2 is 1.59 bits per heavy atom. The number of nitrogens with one attached hydrogen (secondary N) is 2. The third kappa shape index (κ3) is 7.54. The van der Waals surface area contributed by atoms with Gasteiger partial charge in [0.2, 0.25) is 15.9 Å². The number of carbonyl (C=O) groups excluding carboxylic acids is 1. The molecule has 4 N–H and O–H groups in total. The van der Waals surface area contributed by atoms with Crippen LogP contribution in [0.2, 0.25) is 0 Å². The van der Waals surface area contributed by atoms with Crippen molar-refractivity contribution in [3.8, 4) is 0 Å². The first-order valence-corrected chi connectivity index (χ1v) is 14.8. The summed E-state index contributed by atoms with van der Waals surface area (Å²) in [5.74, 6) is -0.840. The van der Waals surface area contributed by atoms with Crippen LogP contribution in [0.3, 0.4) is 0 Å². The molecule has 0 spiro atoms. The van der Waals surface area contributed by atoms with Crippen LogP contribution in [0.25, 0.3) is 0 Å². The van der Waals surface area contributed by atoms with Gasteiger partial charge in [-0.05, 0) is 68.4 Å². The predicted octanol–water partition coefficient (Wildman–Crippen LogP) is 3.69. The average Bonchev–Trinajstić information content (AvgIpc) is 3.18. The fraction of sp³-hybridized carbons (Fsp3) is 0.387. The topological polar surface area (TPSA) is 116 Å². The maximum Gasteiger partial charge on any atom is 0.241 e. The Balaban J connectivity index is 1.53. The normalized spacial score (nSPS) is 18.8. The van der Waals surface area contributed by atoms with E-state index in [4.69, 9.17) is 0 Å². The summed E-state index contributed by atoms with van der Waals surface area (Å²) in [5.41, 5.74) is 2.70. The molecule has 0 aliphatic heterocycles. The summed E-state index contributed by atoms with van der Waals surface area (Å²) < 4.78 is 28.8. The standard InChI is InChI=1S/C31H38N2O5S/c1-31(2,3)33-39(37,38)28-16-10-8-14-23(28)18-25(34)19-24(17-21-11-5-4-6-12-21)30(36)32-29-26-15-9-7-13-22(26)20-27(29)35/h4-16,24-25,27,29,33-35H,17-20H2,1-3H3,(H,32,36)/t24-,25+,27-,29+/m1/s1. The van der Waals surface area contributed by atoms with Crippen molar-refractivity contribution >= 4 is 15.9 Å². The zero-order valence-electron chi connectivity index (χ0n) is 22.7. The van der Waals surface area contributed by atoms with Crippen molar-refractivity contribution in [2.24, 2.45) is 5.92 Å². The molecule has 0 aromatic heterocycles. The number of amides is 1. The van der Waals surface area contributed by atoms with Gasteiger partial charge in [0.05, 0.1) is 23.1 Å². The Kier molecular flexibility index (Phi) is 8.91. The molecule has 1 aliphatic carbocycles. The van der Waals surface area contributed by atoms with Crippen molar-refractivity contribution in [1.29, 1.82) is 0 Å². The van der Waals surface area contributed by atoms with E-state index < -0.39 is 39.7 Å². The fourth-order valence-electron chi connectivity index (χ4n) is 5.26. The number of hydrogen-bond donors (Lipinski definition) is 4. The van der Waals surface area contributed by atoms with Gasteiger partial charge in [-0.3, -0.25) is 4.79 Å². The summed E-state index contributed by atoms with van der Waals surface area (Å²) in [4.78, 5) is 13.7. The second-order valence-electron chi connectivity index (χ2n) is 11.4. The lowest BCUT2D eigenvalue weighted by Gasteiger charge is -2.25. The summed E-state index contributed by atoms with van der Waals surface area (Å²) in [6.45, 7) is 5.32. The van der Waals surface area contributed by atoms with Crippen molar-refractivity contribution in [3.63, 3.8) is 0 Å². The summed E-state index contributed by atoms with van der Waals surface area (Å²) in [6, 6.07) is 23.4. The van der Waals surface area contributed by atoms with Crippen LogP contribution >= 0.6 is 0 Å². The third-order valence-electron chi connectivity index (χ3n) is 6.91. The van der Waals surface area contributed by atoms with Crippen LogP contribution in [-0.2, 0) is 34.1 Å². The number of carbonyl (C=O) groups is 1. The number of hydrogen-bond acceptors (Lipinski definition) is 5. The van der Waals surface area contributed by atoms with Crippen LogP contribution < -0.4 is 10.0 Å². The first kappa shape index (κ1) is 29.0. The molecule has 0 saturated carbocycles. The SMILES string of the molecule is CC(C)(C)NS(=O)(=O)c1ccccc1C[C@H](O)C[C@@H](Cc1ccccc1)C(=O)N[C@H]1c2ccccc2C[C@H]1O. The molecule has 0 bridgehead atoms. The molecule has 208 valence electrons. The highest BCUT2D eigenvalue weighted by Gasteiger charge is 2.34. The molecule has 0 saturated heterocycles. The van der Waals surface area contributed by atoms with Crippen LogP contribution in [-0.4, -0.2) is 42.3 Å². The molecule has 4 atom stereocenters. The van der Waals surface area contributed by atoms with Gasteiger partial charge in [-0.25, -0.2) is 13.1 Å². The van der Waals surface area contributed by atoms with E-state index in [9.17, 15) is 23.4 Å².